The third-order valence-electron chi connectivity index (χ3n) is 2.72. The highest BCUT2D eigenvalue weighted by atomic mass is 16.1. The number of rotatable bonds is 3. The molecule has 0 bridgehead atoms. The first-order valence-electron chi connectivity index (χ1n) is 6.10. The lowest BCUT2D eigenvalue weighted by Crippen LogP contribution is -2.26. The number of hydrogen-bond acceptors (Lipinski definition) is 1. The first-order valence-corrected chi connectivity index (χ1v) is 6.10. The summed E-state index contributed by atoms with van der Waals surface area (Å²) in [6, 6.07) is 0. The van der Waals surface area contributed by atoms with Gasteiger partial charge in [0.1, 0.15) is 0 Å². The smallest absolute Gasteiger partial charge is 0.267 e. The minimum Gasteiger partial charge on any atom is -0.284 e. The van der Waals surface area contributed by atoms with E-state index >= 15 is 0 Å². The monoisotopic (exact) mass is 224 g/mol. The molecule has 3 nitrogen and oxygen atoms in total. The van der Waals surface area contributed by atoms with E-state index in [2.05, 4.69) is 46.6 Å². The van der Waals surface area contributed by atoms with Gasteiger partial charge >= 0.3 is 0 Å². The minimum atomic E-state index is -0.0558. The Kier molecular flexibility index (Phi) is 3.66. The average Bonchev–Trinajstić information content (AvgIpc) is 2.42. The second-order valence-corrected chi connectivity index (χ2v) is 5.82. The van der Waals surface area contributed by atoms with E-state index in [-0.39, 0.29) is 11.1 Å². The average molecular weight is 224 g/mol. The lowest BCUT2D eigenvalue weighted by atomic mass is 10.0. The predicted molar refractivity (Wildman–Crippen MR) is 68.0 cm³/mol. The molecule has 0 amide bonds. The topological polar surface area (TPSA) is 37.8 Å². The summed E-state index contributed by atoms with van der Waals surface area (Å²) in [4.78, 5) is 11.9. The maximum absolute atomic E-state index is 11.9. The van der Waals surface area contributed by atoms with E-state index in [1.165, 1.54) is 0 Å². The molecule has 0 aliphatic rings. The molecule has 0 aliphatic carbocycles. The summed E-state index contributed by atoms with van der Waals surface area (Å²) in [5, 5.41) is 2.97. The molecule has 92 valence electrons. The molecular formula is C13H24N2O. The molecule has 16 heavy (non-hydrogen) atoms. The van der Waals surface area contributed by atoms with Crippen LogP contribution in [0.4, 0.5) is 0 Å². The molecule has 1 aromatic rings. The van der Waals surface area contributed by atoms with Crippen LogP contribution in [-0.4, -0.2) is 9.78 Å². The molecule has 0 aliphatic heterocycles. The normalized spacial score (nSPS) is 12.4. The summed E-state index contributed by atoms with van der Waals surface area (Å²) in [6.45, 7) is 12.7. The van der Waals surface area contributed by atoms with Crippen molar-refractivity contribution in [3.63, 3.8) is 0 Å². The Hall–Kier alpha value is -0.990. The SMILES string of the molecule is CCc1c(CC(C)C)c(=O)[nH]n1C(C)(C)C. The number of hydrogen-bond donors (Lipinski definition) is 1. The molecule has 0 saturated heterocycles. The fourth-order valence-corrected chi connectivity index (χ4v) is 2.07. The maximum Gasteiger partial charge on any atom is 0.267 e. The highest BCUT2D eigenvalue weighted by Crippen LogP contribution is 2.19. The van der Waals surface area contributed by atoms with E-state index in [0.29, 0.717) is 5.92 Å². The Morgan fingerprint density at radius 1 is 1.31 bits per heavy atom. The van der Waals surface area contributed by atoms with Gasteiger partial charge in [-0.3, -0.25) is 14.6 Å². The number of nitrogens with one attached hydrogen (secondary N) is 1. The Bertz CT molecular complexity index is 405. The van der Waals surface area contributed by atoms with Crippen LogP contribution in [0.25, 0.3) is 0 Å². The number of nitrogens with zero attached hydrogens (tertiary/aromatic N) is 1. The van der Waals surface area contributed by atoms with Crippen LogP contribution in [-0.2, 0) is 18.4 Å². The molecule has 0 spiro atoms. The van der Waals surface area contributed by atoms with Gasteiger partial charge in [-0.25, -0.2) is 0 Å². The summed E-state index contributed by atoms with van der Waals surface area (Å²) < 4.78 is 2.02. The summed E-state index contributed by atoms with van der Waals surface area (Å²) in [5.41, 5.74) is 2.15. The molecule has 3 heteroatoms. The van der Waals surface area contributed by atoms with Crippen molar-refractivity contribution < 1.29 is 0 Å². The van der Waals surface area contributed by atoms with Gasteiger partial charge in [-0.1, -0.05) is 20.8 Å². The molecule has 0 aromatic carbocycles. The fourth-order valence-electron chi connectivity index (χ4n) is 2.07. The van der Waals surface area contributed by atoms with Crippen molar-refractivity contribution in [3.8, 4) is 0 Å². The van der Waals surface area contributed by atoms with E-state index in [0.717, 1.165) is 24.1 Å². The molecule has 0 atom stereocenters. The molecule has 1 N–H and O–H groups in total. The minimum absolute atomic E-state index is 0.0558. The summed E-state index contributed by atoms with van der Waals surface area (Å²) in [5.74, 6) is 0.516. The van der Waals surface area contributed by atoms with Crippen LogP contribution in [0.1, 0.15) is 52.8 Å². The Morgan fingerprint density at radius 3 is 2.25 bits per heavy atom. The number of H-pyrrole nitrogens is 1. The van der Waals surface area contributed by atoms with Crippen LogP contribution in [0.3, 0.4) is 0 Å². The highest BCUT2D eigenvalue weighted by molar-refractivity contribution is 5.20. The van der Waals surface area contributed by atoms with Crippen LogP contribution in [0.15, 0.2) is 4.79 Å². The molecule has 1 heterocycles. The summed E-state index contributed by atoms with van der Waals surface area (Å²) in [6.07, 6.45) is 1.76. The molecule has 1 rings (SSSR count). The van der Waals surface area contributed by atoms with Crippen molar-refractivity contribution in [2.45, 2.75) is 59.9 Å². The van der Waals surface area contributed by atoms with Crippen molar-refractivity contribution in [2.24, 2.45) is 5.92 Å². The van der Waals surface area contributed by atoms with Crippen LogP contribution in [0.5, 0.6) is 0 Å². The lowest BCUT2D eigenvalue weighted by Gasteiger charge is -2.23. The van der Waals surface area contributed by atoms with Gasteiger partial charge in [0.15, 0.2) is 0 Å². The fraction of sp³-hybridized carbons (Fsp3) is 0.769. The van der Waals surface area contributed by atoms with E-state index in [1.54, 1.807) is 0 Å². The largest absolute Gasteiger partial charge is 0.284 e. The second kappa shape index (κ2) is 4.48. The van der Waals surface area contributed by atoms with Gasteiger partial charge < -0.3 is 0 Å². The van der Waals surface area contributed by atoms with E-state index < -0.39 is 0 Å². The first-order chi connectivity index (χ1) is 7.27. The molecular weight excluding hydrogens is 200 g/mol. The summed E-state index contributed by atoms with van der Waals surface area (Å²) in [7, 11) is 0. The van der Waals surface area contributed by atoms with E-state index in [1.807, 2.05) is 4.68 Å². The van der Waals surface area contributed by atoms with E-state index in [9.17, 15) is 4.79 Å². The van der Waals surface area contributed by atoms with Gasteiger partial charge in [-0.2, -0.15) is 0 Å². The van der Waals surface area contributed by atoms with Gasteiger partial charge in [0.25, 0.3) is 5.56 Å². The quantitative estimate of drug-likeness (QED) is 0.842. The highest BCUT2D eigenvalue weighted by Gasteiger charge is 2.21. The first kappa shape index (κ1) is 13.1. The van der Waals surface area contributed by atoms with Crippen LogP contribution in [0, 0.1) is 5.92 Å². The Labute approximate surface area is 97.8 Å². The third-order valence-corrected chi connectivity index (χ3v) is 2.72. The van der Waals surface area contributed by atoms with Crippen LogP contribution >= 0.6 is 0 Å². The third kappa shape index (κ3) is 2.57. The van der Waals surface area contributed by atoms with Crippen LogP contribution < -0.4 is 5.56 Å². The van der Waals surface area contributed by atoms with Crippen molar-refractivity contribution in [1.82, 2.24) is 9.78 Å². The lowest BCUT2D eigenvalue weighted by molar-refractivity contribution is 0.342. The van der Waals surface area contributed by atoms with Gasteiger partial charge in [-0.05, 0) is 39.5 Å². The number of aromatic nitrogens is 2. The molecule has 0 unspecified atom stereocenters. The zero-order valence-corrected chi connectivity index (χ0v) is 11.3. The van der Waals surface area contributed by atoms with Gasteiger partial charge in [-0.15, -0.1) is 0 Å². The van der Waals surface area contributed by atoms with Gasteiger partial charge in [0.2, 0.25) is 0 Å². The second-order valence-electron chi connectivity index (χ2n) is 5.82. The molecule has 0 radical (unpaired) electrons. The van der Waals surface area contributed by atoms with Gasteiger partial charge in [0, 0.05) is 11.3 Å². The summed E-state index contributed by atoms with van der Waals surface area (Å²) >= 11 is 0. The Balaban J connectivity index is 3.30. The number of aromatic amines is 1. The Morgan fingerprint density at radius 2 is 1.88 bits per heavy atom. The predicted octanol–water partition coefficient (Wildman–Crippen LogP) is 2.69. The molecule has 0 saturated carbocycles. The zero-order chi connectivity index (χ0) is 12.5. The van der Waals surface area contributed by atoms with Crippen LogP contribution in [0.2, 0.25) is 0 Å². The zero-order valence-electron chi connectivity index (χ0n) is 11.3. The molecule has 1 aromatic heterocycles. The van der Waals surface area contributed by atoms with E-state index in [4.69, 9.17) is 0 Å². The van der Waals surface area contributed by atoms with Crippen molar-refractivity contribution >= 4 is 0 Å². The molecule has 0 fully saturated rings. The van der Waals surface area contributed by atoms with Crippen molar-refractivity contribution in [2.75, 3.05) is 0 Å². The standard InChI is InChI=1S/C13H24N2O/c1-7-11-10(8-9(2)3)12(16)14-15(11)13(4,5)6/h9H,7-8H2,1-6H3,(H,14,16). The van der Waals surface area contributed by atoms with Crippen molar-refractivity contribution in [3.05, 3.63) is 21.6 Å². The maximum atomic E-state index is 11.9. The van der Waals surface area contributed by atoms with Crippen molar-refractivity contribution in [1.29, 1.82) is 0 Å². The van der Waals surface area contributed by atoms with Gasteiger partial charge in [0.05, 0.1) is 5.54 Å².